The van der Waals surface area contributed by atoms with E-state index in [0.29, 0.717) is 17.2 Å². The minimum atomic E-state index is -0.214. The van der Waals surface area contributed by atoms with Gasteiger partial charge in [-0.2, -0.15) is 0 Å². The standard InChI is InChI=1S/C20H20N4O/c1-13-8-10-16(11-9-13)23-20-21-12-17(15(3)22-20)19(25)24-18-7-5-4-6-14(18)2/h4-12H,1-3H3,(H,24,25)(H,21,22,23). The molecule has 5 heteroatoms. The fraction of sp³-hybridized carbons (Fsp3) is 0.150. The molecule has 3 aromatic rings. The molecule has 5 nitrogen and oxygen atoms in total. The Morgan fingerprint density at radius 3 is 2.36 bits per heavy atom. The lowest BCUT2D eigenvalue weighted by Crippen LogP contribution is -2.16. The highest BCUT2D eigenvalue weighted by Crippen LogP contribution is 2.17. The Labute approximate surface area is 147 Å². The average Bonchev–Trinajstić information content (AvgIpc) is 2.59. The van der Waals surface area contributed by atoms with Crippen LogP contribution in [0.15, 0.2) is 54.7 Å². The fourth-order valence-electron chi connectivity index (χ4n) is 2.42. The number of benzene rings is 2. The second-order valence-corrected chi connectivity index (χ2v) is 5.95. The smallest absolute Gasteiger partial charge is 0.259 e. The summed E-state index contributed by atoms with van der Waals surface area (Å²) in [7, 11) is 0. The summed E-state index contributed by atoms with van der Waals surface area (Å²) >= 11 is 0. The molecule has 2 aromatic carbocycles. The highest BCUT2D eigenvalue weighted by atomic mass is 16.1. The molecule has 0 aliphatic rings. The quantitative estimate of drug-likeness (QED) is 0.743. The van der Waals surface area contributed by atoms with Gasteiger partial charge in [0.2, 0.25) is 5.95 Å². The summed E-state index contributed by atoms with van der Waals surface area (Å²) in [5.41, 5.74) is 4.96. The van der Waals surface area contributed by atoms with Crippen molar-refractivity contribution in [3.63, 3.8) is 0 Å². The highest BCUT2D eigenvalue weighted by Gasteiger charge is 2.13. The van der Waals surface area contributed by atoms with Gasteiger partial charge in [-0.15, -0.1) is 0 Å². The Morgan fingerprint density at radius 1 is 0.960 bits per heavy atom. The van der Waals surface area contributed by atoms with Crippen LogP contribution in [-0.4, -0.2) is 15.9 Å². The van der Waals surface area contributed by atoms with Gasteiger partial charge in [0, 0.05) is 17.6 Å². The number of anilines is 3. The SMILES string of the molecule is Cc1ccc(Nc2ncc(C(=O)Nc3ccccc3C)c(C)n2)cc1. The lowest BCUT2D eigenvalue weighted by molar-refractivity contribution is 0.102. The van der Waals surface area contributed by atoms with Crippen LogP contribution in [0.25, 0.3) is 0 Å². The number of nitrogens with zero attached hydrogens (tertiary/aromatic N) is 2. The van der Waals surface area contributed by atoms with Crippen molar-refractivity contribution in [1.29, 1.82) is 0 Å². The van der Waals surface area contributed by atoms with E-state index in [1.165, 1.54) is 5.56 Å². The molecule has 1 aromatic heterocycles. The number of carbonyl (C=O) groups is 1. The Balaban J connectivity index is 1.76. The molecule has 0 atom stereocenters. The maximum atomic E-state index is 12.5. The number of hydrogen-bond donors (Lipinski definition) is 2. The highest BCUT2D eigenvalue weighted by molar-refractivity contribution is 6.05. The molecule has 25 heavy (non-hydrogen) atoms. The normalized spacial score (nSPS) is 10.4. The monoisotopic (exact) mass is 332 g/mol. The molecule has 0 radical (unpaired) electrons. The second-order valence-electron chi connectivity index (χ2n) is 5.95. The van der Waals surface area contributed by atoms with Crippen LogP contribution in [0.3, 0.4) is 0 Å². The van der Waals surface area contributed by atoms with Crippen LogP contribution in [0.1, 0.15) is 27.2 Å². The Kier molecular flexibility index (Phi) is 4.75. The van der Waals surface area contributed by atoms with Gasteiger partial charge in [0.15, 0.2) is 0 Å². The van der Waals surface area contributed by atoms with E-state index < -0.39 is 0 Å². The zero-order chi connectivity index (χ0) is 17.8. The van der Waals surface area contributed by atoms with Crippen LogP contribution < -0.4 is 10.6 Å². The number of rotatable bonds is 4. The summed E-state index contributed by atoms with van der Waals surface area (Å²) in [4.78, 5) is 21.1. The summed E-state index contributed by atoms with van der Waals surface area (Å²) in [5.74, 6) is 0.252. The molecule has 0 saturated carbocycles. The van der Waals surface area contributed by atoms with Gasteiger partial charge >= 0.3 is 0 Å². The molecule has 0 unspecified atom stereocenters. The van der Waals surface area contributed by atoms with E-state index in [1.54, 1.807) is 13.1 Å². The van der Waals surface area contributed by atoms with Crippen molar-refractivity contribution in [2.24, 2.45) is 0 Å². The van der Waals surface area contributed by atoms with E-state index in [2.05, 4.69) is 20.6 Å². The molecule has 1 amide bonds. The van der Waals surface area contributed by atoms with Crippen LogP contribution in [0.2, 0.25) is 0 Å². The van der Waals surface area contributed by atoms with Crippen molar-refractivity contribution in [3.8, 4) is 0 Å². The number of amides is 1. The van der Waals surface area contributed by atoms with Gasteiger partial charge in [-0.3, -0.25) is 4.79 Å². The third-order valence-corrected chi connectivity index (χ3v) is 3.92. The van der Waals surface area contributed by atoms with Gasteiger partial charge in [-0.05, 0) is 44.5 Å². The second kappa shape index (κ2) is 7.13. The van der Waals surface area contributed by atoms with E-state index in [0.717, 1.165) is 16.9 Å². The average molecular weight is 332 g/mol. The van der Waals surface area contributed by atoms with Crippen LogP contribution in [0, 0.1) is 20.8 Å². The van der Waals surface area contributed by atoms with E-state index in [9.17, 15) is 4.79 Å². The molecule has 0 aliphatic carbocycles. The fourth-order valence-corrected chi connectivity index (χ4v) is 2.42. The summed E-state index contributed by atoms with van der Waals surface area (Å²) in [6, 6.07) is 15.6. The van der Waals surface area contributed by atoms with Crippen LogP contribution in [-0.2, 0) is 0 Å². The largest absolute Gasteiger partial charge is 0.324 e. The van der Waals surface area contributed by atoms with Crippen molar-refractivity contribution in [2.45, 2.75) is 20.8 Å². The lowest BCUT2D eigenvalue weighted by Gasteiger charge is -2.11. The first-order valence-electron chi connectivity index (χ1n) is 8.07. The van der Waals surface area contributed by atoms with Crippen molar-refractivity contribution in [3.05, 3.63) is 77.1 Å². The van der Waals surface area contributed by atoms with E-state index in [4.69, 9.17) is 0 Å². The molecule has 0 bridgehead atoms. The minimum Gasteiger partial charge on any atom is -0.324 e. The van der Waals surface area contributed by atoms with Crippen molar-refractivity contribution >= 4 is 23.2 Å². The van der Waals surface area contributed by atoms with Gasteiger partial charge in [0.05, 0.1) is 11.3 Å². The molecule has 3 rings (SSSR count). The molecule has 126 valence electrons. The number of carbonyl (C=O) groups excluding carboxylic acids is 1. The van der Waals surface area contributed by atoms with Gasteiger partial charge in [-0.1, -0.05) is 35.9 Å². The molecule has 1 heterocycles. The number of aryl methyl sites for hydroxylation is 3. The van der Waals surface area contributed by atoms with Crippen LogP contribution in [0.4, 0.5) is 17.3 Å². The predicted molar refractivity (Wildman–Crippen MR) is 100 cm³/mol. The third-order valence-electron chi connectivity index (χ3n) is 3.92. The van der Waals surface area contributed by atoms with Crippen LogP contribution in [0.5, 0.6) is 0 Å². The first-order chi connectivity index (χ1) is 12.0. The summed E-state index contributed by atoms with van der Waals surface area (Å²) in [6.45, 7) is 5.79. The number of para-hydroxylation sites is 1. The summed E-state index contributed by atoms with van der Waals surface area (Å²) < 4.78 is 0. The lowest BCUT2D eigenvalue weighted by atomic mass is 10.2. The number of aromatic nitrogens is 2. The summed E-state index contributed by atoms with van der Waals surface area (Å²) in [6.07, 6.45) is 1.55. The van der Waals surface area contributed by atoms with Crippen LogP contribution >= 0.6 is 0 Å². The third kappa shape index (κ3) is 4.01. The Bertz CT molecular complexity index is 904. The number of hydrogen-bond acceptors (Lipinski definition) is 4. The minimum absolute atomic E-state index is 0.214. The molecule has 2 N–H and O–H groups in total. The van der Waals surface area contributed by atoms with Crippen molar-refractivity contribution in [2.75, 3.05) is 10.6 Å². The molecule has 0 fully saturated rings. The zero-order valence-electron chi connectivity index (χ0n) is 14.5. The molecular weight excluding hydrogens is 312 g/mol. The zero-order valence-corrected chi connectivity index (χ0v) is 14.5. The topological polar surface area (TPSA) is 66.9 Å². The first kappa shape index (κ1) is 16.6. The van der Waals surface area contributed by atoms with E-state index in [1.807, 2.05) is 62.4 Å². The molecule has 0 aliphatic heterocycles. The molecular formula is C20H20N4O. The first-order valence-corrected chi connectivity index (χ1v) is 8.07. The predicted octanol–water partition coefficient (Wildman–Crippen LogP) is 4.40. The Hall–Kier alpha value is -3.21. The summed E-state index contributed by atoms with van der Waals surface area (Å²) in [5, 5.41) is 6.05. The molecule has 0 saturated heterocycles. The van der Waals surface area contributed by atoms with E-state index >= 15 is 0 Å². The van der Waals surface area contributed by atoms with E-state index in [-0.39, 0.29) is 5.91 Å². The van der Waals surface area contributed by atoms with Gasteiger partial charge < -0.3 is 10.6 Å². The maximum Gasteiger partial charge on any atom is 0.259 e. The Morgan fingerprint density at radius 2 is 1.68 bits per heavy atom. The van der Waals surface area contributed by atoms with Gasteiger partial charge in [-0.25, -0.2) is 9.97 Å². The van der Waals surface area contributed by atoms with Gasteiger partial charge in [0.25, 0.3) is 5.91 Å². The molecule has 0 spiro atoms. The maximum absolute atomic E-state index is 12.5. The number of nitrogens with one attached hydrogen (secondary N) is 2. The van der Waals surface area contributed by atoms with Gasteiger partial charge in [0.1, 0.15) is 0 Å². The van der Waals surface area contributed by atoms with Crippen molar-refractivity contribution < 1.29 is 4.79 Å². The van der Waals surface area contributed by atoms with Crippen molar-refractivity contribution in [1.82, 2.24) is 9.97 Å².